The van der Waals surface area contributed by atoms with Crippen molar-refractivity contribution < 1.29 is 8.42 Å². The lowest BCUT2D eigenvalue weighted by Gasteiger charge is -2.06. The van der Waals surface area contributed by atoms with Crippen molar-refractivity contribution in [2.24, 2.45) is 0 Å². The van der Waals surface area contributed by atoms with Crippen LogP contribution < -0.4 is 4.72 Å². The fourth-order valence-electron chi connectivity index (χ4n) is 1.12. The minimum Gasteiger partial charge on any atom is -0.277 e. The fourth-order valence-corrected chi connectivity index (χ4v) is 4.62. The monoisotopic (exact) mass is 430 g/mol. The first-order valence-electron chi connectivity index (χ1n) is 4.48. The number of hydrogen-bond acceptors (Lipinski definition) is 4. The minimum absolute atomic E-state index is 0.223. The normalized spacial score (nSPS) is 11.5. The van der Waals surface area contributed by atoms with Gasteiger partial charge in [-0.25, -0.2) is 13.4 Å². The number of halogens is 3. The molecule has 18 heavy (non-hydrogen) atoms. The van der Waals surface area contributed by atoms with E-state index in [2.05, 4.69) is 41.6 Å². The summed E-state index contributed by atoms with van der Waals surface area (Å²) in [5.41, 5.74) is 0.343. The van der Waals surface area contributed by atoms with Gasteiger partial charge in [0.1, 0.15) is 9.36 Å². The summed E-state index contributed by atoms with van der Waals surface area (Å²) in [6, 6.07) is 4.75. The van der Waals surface area contributed by atoms with Gasteiger partial charge in [0.15, 0.2) is 0 Å². The third-order valence-electron chi connectivity index (χ3n) is 1.86. The first kappa shape index (κ1) is 14.3. The lowest BCUT2D eigenvalue weighted by Crippen LogP contribution is -2.11. The lowest BCUT2D eigenvalue weighted by atomic mass is 10.4. The topological polar surface area (TPSA) is 59.1 Å². The Kier molecular flexibility index (Phi) is 4.32. The molecule has 0 bridgehead atoms. The summed E-state index contributed by atoms with van der Waals surface area (Å²) in [5, 5.41) is 0.275. The van der Waals surface area contributed by atoms with E-state index in [1.165, 1.54) is 12.3 Å². The number of pyridine rings is 1. The molecule has 4 nitrogen and oxygen atoms in total. The number of nitrogens with zero attached hydrogens (tertiary/aromatic N) is 1. The van der Waals surface area contributed by atoms with Crippen molar-refractivity contribution in [2.45, 2.75) is 4.21 Å². The Morgan fingerprint density at radius 3 is 2.61 bits per heavy atom. The van der Waals surface area contributed by atoms with Crippen LogP contribution >= 0.6 is 54.8 Å². The van der Waals surface area contributed by atoms with E-state index in [0.717, 1.165) is 15.1 Å². The number of rotatable bonds is 3. The van der Waals surface area contributed by atoms with Gasteiger partial charge in [-0.3, -0.25) is 4.72 Å². The van der Waals surface area contributed by atoms with Crippen LogP contribution in [0.4, 0.5) is 5.69 Å². The SMILES string of the molecule is O=S(=O)(Nc1cnc(Cl)c(Br)c1)c1ccc(Br)s1. The van der Waals surface area contributed by atoms with Crippen LogP contribution in [0.5, 0.6) is 0 Å². The van der Waals surface area contributed by atoms with E-state index in [9.17, 15) is 8.42 Å². The smallest absolute Gasteiger partial charge is 0.271 e. The van der Waals surface area contributed by atoms with Crippen LogP contribution in [0, 0.1) is 0 Å². The van der Waals surface area contributed by atoms with Gasteiger partial charge >= 0.3 is 0 Å². The number of nitrogens with one attached hydrogen (secondary N) is 1. The van der Waals surface area contributed by atoms with E-state index in [0.29, 0.717) is 10.2 Å². The molecule has 1 N–H and O–H groups in total. The van der Waals surface area contributed by atoms with E-state index in [1.54, 1.807) is 12.1 Å². The molecule has 2 aromatic heterocycles. The Bertz CT molecular complexity index is 688. The number of sulfonamides is 1. The highest BCUT2D eigenvalue weighted by molar-refractivity contribution is 9.11. The maximum absolute atomic E-state index is 12.0. The summed E-state index contributed by atoms with van der Waals surface area (Å²) in [6.07, 6.45) is 1.35. The summed E-state index contributed by atoms with van der Waals surface area (Å²) in [5.74, 6) is 0. The van der Waals surface area contributed by atoms with Crippen molar-refractivity contribution in [1.82, 2.24) is 4.98 Å². The number of thiophene rings is 1. The Labute approximate surface area is 130 Å². The zero-order valence-electron chi connectivity index (χ0n) is 8.52. The molecule has 0 aliphatic rings. The van der Waals surface area contributed by atoms with Gasteiger partial charge in [-0.1, -0.05) is 11.6 Å². The summed E-state index contributed by atoms with van der Waals surface area (Å²) in [7, 11) is -3.59. The van der Waals surface area contributed by atoms with Crippen molar-refractivity contribution in [3.63, 3.8) is 0 Å². The van der Waals surface area contributed by atoms with Crippen LogP contribution in [0.15, 0.2) is 36.9 Å². The number of anilines is 1. The summed E-state index contributed by atoms with van der Waals surface area (Å²) < 4.78 is 27.9. The Balaban J connectivity index is 2.30. The van der Waals surface area contributed by atoms with Crippen molar-refractivity contribution in [1.29, 1.82) is 0 Å². The largest absolute Gasteiger partial charge is 0.277 e. The molecular formula is C9H5Br2ClN2O2S2. The molecule has 0 aromatic carbocycles. The first-order chi connectivity index (χ1) is 8.38. The average molecular weight is 433 g/mol. The average Bonchev–Trinajstić information content (AvgIpc) is 2.71. The molecule has 0 aliphatic carbocycles. The van der Waals surface area contributed by atoms with Gasteiger partial charge in [0.2, 0.25) is 0 Å². The molecule has 2 heterocycles. The molecule has 0 atom stereocenters. The predicted octanol–water partition coefficient (Wildman–Crippen LogP) is 4.12. The van der Waals surface area contributed by atoms with Crippen LogP contribution in [-0.4, -0.2) is 13.4 Å². The highest BCUT2D eigenvalue weighted by atomic mass is 79.9. The summed E-state index contributed by atoms with van der Waals surface area (Å²) in [4.78, 5) is 3.85. The second-order valence-electron chi connectivity index (χ2n) is 3.16. The van der Waals surface area contributed by atoms with Crippen LogP contribution in [-0.2, 0) is 10.0 Å². The Hall–Kier alpha value is -0.150. The van der Waals surface area contributed by atoms with Crippen LogP contribution in [0.1, 0.15) is 0 Å². The first-order valence-corrected chi connectivity index (χ1v) is 8.74. The fraction of sp³-hybridized carbons (Fsp3) is 0. The maximum Gasteiger partial charge on any atom is 0.271 e. The molecule has 0 aliphatic heterocycles. The summed E-state index contributed by atoms with van der Waals surface area (Å²) in [6.45, 7) is 0. The molecular weight excluding hydrogens is 428 g/mol. The van der Waals surface area contributed by atoms with Crippen LogP contribution in [0.3, 0.4) is 0 Å². The lowest BCUT2D eigenvalue weighted by molar-refractivity contribution is 0.603. The number of hydrogen-bond donors (Lipinski definition) is 1. The second kappa shape index (κ2) is 5.46. The second-order valence-corrected chi connectivity index (χ2v) is 8.75. The van der Waals surface area contributed by atoms with Crippen molar-refractivity contribution in [2.75, 3.05) is 4.72 Å². The highest BCUT2D eigenvalue weighted by Gasteiger charge is 2.17. The quantitative estimate of drug-likeness (QED) is 0.743. The van der Waals surface area contributed by atoms with Gasteiger partial charge in [0, 0.05) is 0 Å². The van der Waals surface area contributed by atoms with Crippen molar-refractivity contribution in [3.8, 4) is 0 Å². The molecule has 0 saturated carbocycles. The predicted molar refractivity (Wildman–Crippen MR) is 79.8 cm³/mol. The van der Waals surface area contributed by atoms with E-state index in [4.69, 9.17) is 11.6 Å². The molecule has 0 amide bonds. The molecule has 0 saturated heterocycles. The van der Waals surface area contributed by atoms with Crippen LogP contribution in [0.25, 0.3) is 0 Å². The standard InChI is InChI=1S/C9H5Br2ClN2O2S2/c10-6-3-5(4-13-9(6)12)14-18(15,16)8-2-1-7(11)17-8/h1-4,14H. The molecule has 0 spiro atoms. The Morgan fingerprint density at radius 2 is 2.06 bits per heavy atom. The van der Waals surface area contributed by atoms with Gasteiger partial charge in [-0.05, 0) is 50.1 Å². The third kappa shape index (κ3) is 3.24. The van der Waals surface area contributed by atoms with Crippen molar-refractivity contribution in [3.05, 3.63) is 37.8 Å². The third-order valence-corrected chi connectivity index (χ3v) is 6.49. The molecule has 9 heteroatoms. The van der Waals surface area contributed by atoms with Crippen molar-refractivity contribution >= 4 is 70.5 Å². The molecule has 0 fully saturated rings. The maximum atomic E-state index is 12.0. The zero-order valence-corrected chi connectivity index (χ0v) is 14.1. The number of aromatic nitrogens is 1. The summed E-state index contributed by atoms with van der Waals surface area (Å²) >= 11 is 13.3. The molecule has 96 valence electrons. The van der Waals surface area contributed by atoms with Gasteiger partial charge < -0.3 is 0 Å². The highest BCUT2D eigenvalue weighted by Crippen LogP contribution is 2.29. The van der Waals surface area contributed by atoms with Crippen LogP contribution in [0.2, 0.25) is 5.15 Å². The van der Waals surface area contributed by atoms with E-state index in [-0.39, 0.29) is 9.36 Å². The Morgan fingerprint density at radius 1 is 1.33 bits per heavy atom. The van der Waals surface area contributed by atoms with Gasteiger partial charge in [-0.2, -0.15) is 0 Å². The van der Waals surface area contributed by atoms with Gasteiger partial charge in [0.05, 0.1) is 20.1 Å². The minimum atomic E-state index is -3.59. The van der Waals surface area contributed by atoms with Gasteiger partial charge in [-0.15, -0.1) is 11.3 Å². The molecule has 0 radical (unpaired) electrons. The van der Waals surface area contributed by atoms with E-state index in [1.807, 2.05) is 0 Å². The molecule has 2 rings (SSSR count). The molecule has 2 aromatic rings. The van der Waals surface area contributed by atoms with E-state index >= 15 is 0 Å². The zero-order chi connectivity index (χ0) is 13.3. The van der Waals surface area contributed by atoms with E-state index < -0.39 is 10.0 Å². The molecule has 0 unspecified atom stereocenters. The van der Waals surface area contributed by atoms with Gasteiger partial charge in [0.25, 0.3) is 10.0 Å².